The Bertz CT molecular complexity index is 312. The normalized spacial score (nSPS) is 12.2. The van der Waals surface area contributed by atoms with Crippen molar-refractivity contribution in [1.29, 1.82) is 0 Å². The quantitative estimate of drug-likeness (QED) is 0.904. The predicted octanol–water partition coefficient (Wildman–Crippen LogP) is 2.22. The fourth-order valence-electron chi connectivity index (χ4n) is 0.812. The molecule has 1 aromatic rings. The second-order valence-electron chi connectivity index (χ2n) is 3.02. The topological polar surface area (TPSA) is 54.9 Å². The van der Waals surface area contributed by atoms with Gasteiger partial charge in [-0.2, -0.15) is 0 Å². The van der Waals surface area contributed by atoms with E-state index in [4.69, 9.17) is 0 Å². The molecular weight excluding hydrogens is 246 g/mol. The largest absolute Gasteiger partial charge is 0.309 e. The maximum atomic E-state index is 11.4. The highest BCUT2D eigenvalue weighted by molar-refractivity contribution is 9.10. The second-order valence-corrected chi connectivity index (χ2v) is 3.84. The van der Waals surface area contributed by atoms with Crippen LogP contribution in [0.4, 0.5) is 5.82 Å². The molecule has 1 N–H and O–H groups in total. The van der Waals surface area contributed by atoms with Gasteiger partial charge in [-0.1, -0.05) is 13.8 Å². The molecule has 0 aromatic carbocycles. The van der Waals surface area contributed by atoms with Gasteiger partial charge >= 0.3 is 0 Å². The first-order valence-corrected chi connectivity index (χ1v) is 5.21. The number of carbonyl (C=O) groups excluding carboxylic acids is 1. The summed E-state index contributed by atoms with van der Waals surface area (Å²) in [6, 6.07) is 0. The van der Waals surface area contributed by atoms with Crippen molar-refractivity contribution in [2.45, 2.75) is 20.3 Å². The van der Waals surface area contributed by atoms with Crippen LogP contribution in [0.5, 0.6) is 0 Å². The van der Waals surface area contributed by atoms with Gasteiger partial charge in [-0.25, -0.2) is 9.97 Å². The lowest BCUT2D eigenvalue weighted by atomic mass is 10.1. The highest BCUT2D eigenvalue weighted by atomic mass is 79.9. The van der Waals surface area contributed by atoms with Crippen LogP contribution < -0.4 is 5.32 Å². The van der Waals surface area contributed by atoms with E-state index in [1.54, 1.807) is 6.20 Å². The van der Waals surface area contributed by atoms with Crippen LogP contribution in [0, 0.1) is 5.92 Å². The van der Waals surface area contributed by atoms with Crippen molar-refractivity contribution in [3.63, 3.8) is 0 Å². The Morgan fingerprint density at radius 2 is 2.29 bits per heavy atom. The number of amides is 1. The van der Waals surface area contributed by atoms with E-state index in [-0.39, 0.29) is 11.8 Å². The van der Waals surface area contributed by atoms with Crippen LogP contribution >= 0.6 is 15.9 Å². The van der Waals surface area contributed by atoms with Crippen LogP contribution in [0.15, 0.2) is 17.0 Å². The van der Waals surface area contributed by atoms with Crippen LogP contribution in [-0.4, -0.2) is 15.9 Å². The molecule has 4 nitrogen and oxygen atoms in total. The lowest BCUT2D eigenvalue weighted by Crippen LogP contribution is -2.20. The number of anilines is 1. The van der Waals surface area contributed by atoms with E-state index in [1.165, 1.54) is 6.20 Å². The summed E-state index contributed by atoms with van der Waals surface area (Å²) in [5, 5.41) is 2.69. The Balaban J connectivity index is 2.60. The lowest BCUT2D eigenvalue weighted by molar-refractivity contribution is -0.119. The minimum atomic E-state index is -0.0240. The number of hydrogen-bond donors (Lipinski definition) is 1. The Morgan fingerprint density at radius 1 is 1.57 bits per heavy atom. The molecule has 76 valence electrons. The zero-order valence-electron chi connectivity index (χ0n) is 8.12. The summed E-state index contributed by atoms with van der Waals surface area (Å²) in [4.78, 5) is 19.4. The van der Waals surface area contributed by atoms with Crippen LogP contribution in [0.1, 0.15) is 20.3 Å². The summed E-state index contributed by atoms with van der Waals surface area (Å²) in [6.45, 7) is 3.85. The summed E-state index contributed by atoms with van der Waals surface area (Å²) in [5.74, 6) is 0.461. The molecule has 1 amide bonds. The molecule has 0 spiro atoms. The van der Waals surface area contributed by atoms with E-state index in [2.05, 4.69) is 31.2 Å². The van der Waals surface area contributed by atoms with E-state index in [0.29, 0.717) is 10.4 Å². The third-order valence-electron chi connectivity index (χ3n) is 1.93. The van der Waals surface area contributed by atoms with E-state index >= 15 is 0 Å². The summed E-state index contributed by atoms with van der Waals surface area (Å²) in [7, 11) is 0. The SMILES string of the molecule is CCC(C)C(=O)Nc1cnc(Br)cn1. The van der Waals surface area contributed by atoms with E-state index in [9.17, 15) is 4.79 Å². The zero-order chi connectivity index (χ0) is 10.6. The van der Waals surface area contributed by atoms with Crippen LogP contribution in [-0.2, 0) is 4.79 Å². The third-order valence-corrected chi connectivity index (χ3v) is 2.34. The van der Waals surface area contributed by atoms with Gasteiger partial charge in [0, 0.05) is 5.92 Å². The van der Waals surface area contributed by atoms with Crippen molar-refractivity contribution in [2.24, 2.45) is 5.92 Å². The summed E-state index contributed by atoms with van der Waals surface area (Å²) in [5.41, 5.74) is 0. The molecule has 0 aliphatic carbocycles. The number of halogens is 1. The molecular formula is C9H12BrN3O. The molecule has 0 radical (unpaired) electrons. The Hall–Kier alpha value is -0.970. The fraction of sp³-hybridized carbons (Fsp3) is 0.444. The smallest absolute Gasteiger partial charge is 0.228 e. The van der Waals surface area contributed by atoms with Crippen LogP contribution in [0.25, 0.3) is 0 Å². The average molecular weight is 258 g/mol. The van der Waals surface area contributed by atoms with Gasteiger partial charge in [-0.3, -0.25) is 4.79 Å². The van der Waals surface area contributed by atoms with Gasteiger partial charge in [0.25, 0.3) is 0 Å². The fourth-order valence-corrected chi connectivity index (χ4v) is 1.02. The van der Waals surface area contributed by atoms with Gasteiger partial charge in [0.15, 0.2) is 5.82 Å². The molecule has 1 rings (SSSR count). The summed E-state index contributed by atoms with van der Waals surface area (Å²) >= 11 is 3.17. The van der Waals surface area contributed by atoms with E-state index in [0.717, 1.165) is 6.42 Å². The highest BCUT2D eigenvalue weighted by Gasteiger charge is 2.10. The van der Waals surface area contributed by atoms with Crippen LogP contribution in [0.2, 0.25) is 0 Å². The van der Waals surface area contributed by atoms with Gasteiger partial charge in [-0.15, -0.1) is 0 Å². The summed E-state index contributed by atoms with van der Waals surface area (Å²) < 4.78 is 0.652. The molecule has 1 aromatic heterocycles. The van der Waals surface area contributed by atoms with Gasteiger partial charge in [0.2, 0.25) is 5.91 Å². The van der Waals surface area contributed by atoms with Gasteiger partial charge in [0.05, 0.1) is 12.4 Å². The monoisotopic (exact) mass is 257 g/mol. The molecule has 1 heterocycles. The minimum Gasteiger partial charge on any atom is -0.309 e. The lowest BCUT2D eigenvalue weighted by Gasteiger charge is -2.08. The predicted molar refractivity (Wildman–Crippen MR) is 57.8 cm³/mol. The molecule has 14 heavy (non-hydrogen) atoms. The van der Waals surface area contributed by atoms with Gasteiger partial charge in [-0.05, 0) is 22.4 Å². The standard InChI is InChI=1S/C9H12BrN3O/c1-3-6(2)9(14)13-8-5-11-7(10)4-12-8/h4-6H,3H2,1-2H3,(H,12,13,14). The molecule has 0 aliphatic rings. The Labute approximate surface area is 91.3 Å². The Kier molecular flexibility index (Phi) is 4.00. The first-order valence-electron chi connectivity index (χ1n) is 4.42. The van der Waals surface area contributed by atoms with Gasteiger partial charge in [0.1, 0.15) is 4.60 Å². The van der Waals surface area contributed by atoms with Crippen molar-refractivity contribution in [2.75, 3.05) is 5.32 Å². The molecule has 0 saturated carbocycles. The number of carbonyl (C=O) groups is 1. The van der Waals surface area contributed by atoms with Crippen LogP contribution in [0.3, 0.4) is 0 Å². The number of nitrogens with zero attached hydrogens (tertiary/aromatic N) is 2. The second kappa shape index (κ2) is 5.05. The highest BCUT2D eigenvalue weighted by Crippen LogP contribution is 2.08. The molecule has 5 heteroatoms. The maximum Gasteiger partial charge on any atom is 0.228 e. The molecule has 1 atom stereocenters. The third kappa shape index (κ3) is 3.06. The zero-order valence-corrected chi connectivity index (χ0v) is 9.71. The minimum absolute atomic E-state index is 0.000414. The average Bonchev–Trinajstić information content (AvgIpc) is 2.20. The number of nitrogens with one attached hydrogen (secondary N) is 1. The maximum absolute atomic E-state index is 11.4. The number of aromatic nitrogens is 2. The van der Waals surface area contributed by atoms with Crippen molar-refractivity contribution in [3.05, 3.63) is 17.0 Å². The molecule has 0 saturated heterocycles. The first kappa shape index (κ1) is 11.1. The molecule has 0 aliphatic heterocycles. The van der Waals surface area contributed by atoms with Crippen molar-refractivity contribution in [1.82, 2.24) is 9.97 Å². The van der Waals surface area contributed by atoms with Gasteiger partial charge < -0.3 is 5.32 Å². The van der Waals surface area contributed by atoms with Crippen molar-refractivity contribution >= 4 is 27.7 Å². The summed E-state index contributed by atoms with van der Waals surface area (Å²) in [6.07, 6.45) is 3.88. The first-order chi connectivity index (χ1) is 6.63. The van der Waals surface area contributed by atoms with E-state index < -0.39 is 0 Å². The number of hydrogen-bond acceptors (Lipinski definition) is 3. The van der Waals surface area contributed by atoms with E-state index in [1.807, 2.05) is 13.8 Å². The molecule has 0 fully saturated rings. The number of rotatable bonds is 3. The molecule has 0 bridgehead atoms. The van der Waals surface area contributed by atoms with Crippen molar-refractivity contribution < 1.29 is 4.79 Å². The molecule has 1 unspecified atom stereocenters. The Morgan fingerprint density at radius 3 is 2.79 bits per heavy atom. The van der Waals surface area contributed by atoms with Crippen molar-refractivity contribution in [3.8, 4) is 0 Å².